The zero-order chi connectivity index (χ0) is 38.6. The van der Waals surface area contributed by atoms with Gasteiger partial charge in [-0.1, -0.05) is 23.5 Å². The van der Waals surface area contributed by atoms with Crippen LogP contribution in [0.15, 0.2) is 47.5 Å². The van der Waals surface area contributed by atoms with Gasteiger partial charge in [-0.2, -0.15) is 10.1 Å². The summed E-state index contributed by atoms with van der Waals surface area (Å²) in [6.07, 6.45) is 4.23. The Morgan fingerprint density at radius 1 is 0.943 bits per heavy atom. The first-order valence-corrected chi connectivity index (χ1v) is 17.7. The summed E-state index contributed by atoms with van der Waals surface area (Å²) in [7, 11) is 1.48. The number of nitrogen functional groups attached to an aromatic ring is 1. The van der Waals surface area contributed by atoms with Crippen molar-refractivity contribution in [2.24, 2.45) is 16.5 Å². The molecule has 3 aromatic heterocycles. The van der Waals surface area contributed by atoms with Crippen molar-refractivity contribution in [3.63, 3.8) is 0 Å². The van der Waals surface area contributed by atoms with Gasteiger partial charge in [0.05, 0.1) is 29.6 Å². The number of ether oxygens (including phenoxy) is 3. The Labute approximate surface area is 308 Å². The maximum atomic E-state index is 13.4. The van der Waals surface area contributed by atoms with Crippen LogP contribution in [0.2, 0.25) is 0 Å². The molecule has 5 rings (SSSR count). The second-order valence-corrected chi connectivity index (χ2v) is 14.1. The molecule has 0 saturated heterocycles. The van der Waals surface area contributed by atoms with Crippen LogP contribution in [0.4, 0.5) is 5.95 Å². The highest BCUT2D eigenvalue weighted by Crippen LogP contribution is 2.31. The highest BCUT2D eigenvalue weighted by atomic mass is 32.1. The third-order valence-corrected chi connectivity index (χ3v) is 8.96. The number of hydrogen-bond donors (Lipinski definition) is 3. The molecular formula is C36H43N9O7S. The fraction of sp³-hybridized carbons (Fsp3) is 0.361. The first-order valence-electron chi connectivity index (χ1n) is 16.8. The van der Waals surface area contributed by atoms with E-state index in [1.165, 1.54) is 24.5 Å². The minimum atomic E-state index is -0.661. The number of nitrogens with zero attached hydrogens (tertiary/aromatic N) is 6. The molecule has 2 aromatic carbocycles. The van der Waals surface area contributed by atoms with Crippen LogP contribution in [0.1, 0.15) is 77.4 Å². The number of thiazole rings is 1. The van der Waals surface area contributed by atoms with Crippen LogP contribution >= 0.6 is 11.3 Å². The fourth-order valence-electron chi connectivity index (χ4n) is 5.66. The van der Waals surface area contributed by atoms with Crippen LogP contribution in [-0.2, 0) is 29.2 Å². The molecule has 17 heteroatoms. The molecule has 0 radical (unpaired) electrons. The SMILES string of the molecule is CCn1nc(C)cc1C(=O)/N=c1\sc2cc(C(N)=O)cc(OC)c2n1C/C=C/Cn1c(N)nc2cc(C(N)=O)cc(OCCCC(=O)OC(C)(C)C)c21. The van der Waals surface area contributed by atoms with Crippen molar-refractivity contribution in [3.8, 4) is 11.5 Å². The molecule has 0 fully saturated rings. The summed E-state index contributed by atoms with van der Waals surface area (Å²) in [5, 5.41) is 4.37. The number of amides is 3. The molecule has 280 valence electrons. The number of fused-ring (bicyclic) bond motifs is 2. The van der Waals surface area contributed by atoms with E-state index >= 15 is 0 Å². The van der Waals surface area contributed by atoms with Crippen molar-refractivity contribution in [2.45, 2.75) is 72.7 Å². The highest BCUT2D eigenvalue weighted by molar-refractivity contribution is 7.16. The predicted octanol–water partition coefficient (Wildman–Crippen LogP) is 3.86. The summed E-state index contributed by atoms with van der Waals surface area (Å²) < 4.78 is 22.9. The first kappa shape index (κ1) is 38.3. The molecule has 3 heterocycles. The quantitative estimate of drug-likeness (QED) is 0.0845. The van der Waals surface area contributed by atoms with Gasteiger partial charge in [-0.05, 0) is 71.4 Å². The maximum absolute atomic E-state index is 13.4. The Balaban J connectivity index is 1.47. The lowest BCUT2D eigenvalue weighted by Gasteiger charge is -2.19. The number of aryl methyl sites for hydroxylation is 2. The topological polar surface area (TPSA) is 227 Å². The molecular weight excluding hydrogens is 703 g/mol. The average Bonchev–Trinajstić information content (AvgIpc) is 3.74. The lowest BCUT2D eigenvalue weighted by molar-refractivity contribution is -0.155. The molecule has 0 spiro atoms. The van der Waals surface area contributed by atoms with E-state index in [2.05, 4.69) is 15.1 Å². The number of imidazole rings is 1. The van der Waals surface area contributed by atoms with Crippen LogP contribution in [-0.4, -0.2) is 66.9 Å². The van der Waals surface area contributed by atoms with E-state index in [0.717, 1.165) is 0 Å². The molecule has 3 amide bonds. The van der Waals surface area contributed by atoms with E-state index in [4.69, 9.17) is 31.4 Å². The monoisotopic (exact) mass is 745 g/mol. The molecule has 6 N–H and O–H groups in total. The number of primary amides is 2. The lowest BCUT2D eigenvalue weighted by atomic mass is 10.1. The van der Waals surface area contributed by atoms with Crippen LogP contribution in [0, 0.1) is 6.92 Å². The van der Waals surface area contributed by atoms with Gasteiger partial charge in [0.25, 0.3) is 5.91 Å². The van der Waals surface area contributed by atoms with E-state index < -0.39 is 23.3 Å². The number of methoxy groups -OCH3 is 1. The summed E-state index contributed by atoms with van der Waals surface area (Å²) >= 11 is 1.21. The zero-order valence-corrected chi connectivity index (χ0v) is 31.3. The van der Waals surface area contributed by atoms with Crippen molar-refractivity contribution < 1.29 is 33.4 Å². The van der Waals surface area contributed by atoms with Gasteiger partial charge in [0, 0.05) is 37.2 Å². The number of anilines is 1. The van der Waals surface area contributed by atoms with Crippen LogP contribution in [0.3, 0.4) is 0 Å². The second kappa shape index (κ2) is 15.7. The summed E-state index contributed by atoms with van der Waals surface area (Å²) in [6.45, 7) is 10.2. The van der Waals surface area contributed by atoms with Gasteiger partial charge < -0.3 is 40.5 Å². The number of esters is 1. The van der Waals surface area contributed by atoms with E-state index in [9.17, 15) is 19.2 Å². The number of rotatable bonds is 14. The minimum absolute atomic E-state index is 0.144. The van der Waals surface area contributed by atoms with Crippen molar-refractivity contribution in [2.75, 3.05) is 19.5 Å². The molecule has 53 heavy (non-hydrogen) atoms. The summed E-state index contributed by atoms with van der Waals surface area (Å²) in [4.78, 5) is 59.2. The summed E-state index contributed by atoms with van der Waals surface area (Å²) in [6, 6.07) is 7.94. The molecule has 16 nitrogen and oxygen atoms in total. The number of carbonyl (C=O) groups is 4. The predicted molar refractivity (Wildman–Crippen MR) is 200 cm³/mol. The van der Waals surface area contributed by atoms with Gasteiger partial charge in [0.2, 0.25) is 17.8 Å². The number of benzene rings is 2. The van der Waals surface area contributed by atoms with Crippen molar-refractivity contribution in [1.82, 2.24) is 23.9 Å². The lowest BCUT2D eigenvalue weighted by Crippen LogP contribution is -2.24. The first-order chi connectivity index (χ1) is 25.1. The number of aromatic nitrogens is 5. The van der Waals surface area contributed by atoms with Crippen molar-refractivity contribution in [3.05, 3.63) is 69.8 Å². The highest BCUT2D eigenvalue weighted by Gasteiger charge is 2.20. The van der Waals surface area contributed by atoms with E-state index in [1.807, 2.05) is 23.6 Å². The largest absolute Gasteiger partial charge is 0.494 e. The number of hydrogen-bond acceptors (Lipinski definition) is 11. The maximum Gasteiger partial charge on any atom is 0.306 e. The number of allylic oxidation sites excluding steroid dienone is 2. The summed E-state index contributed by atoms with van der Waals surface area (Å²) in [5.41, 5.74) is 20.0. The van der Waals surface area contributed by atoms with Gasteiger partial charge in [-0.15, -0.1) is 0 Å². The molecule has 0 atom stereocenters. The van der Waals surface area contributed by atoms with E-state index in [1.54, 1.807) is 61.2 Å². The number of nitrogens with two attached hydrogens (primary N) is 3. The Kier molecular flexibility index (Phi) is 11.4. The van der Waals surface area contributed by atoms with Crippen LogP contribution in [0.25, 0.3) is 21.3 Å². The molecule has 5 aromatic rings. The van der Waals surface area contributed by atoms with E-state index in [-0.39, 0.29) is 49.2 Å². The standard InChI is InChI=1S/C36H43N9O7S/c1-7-45-24(15-20(2)42-45)33(49)41-35-44(30-25(50-6)17-22(32(38)48)19-27(30)53-35)13-9-8-12-43-29-23(40-34(43)39)16-21(31(37)47)18-26(29)51-14-10-11-28(46)52-36(3,4)5/h8-9,15-19H,7,10-14H2,1-6H3,(H2,37,47)(H2,38,48)(H2,39,40)/b9-8+,41-35-. The summed E-state index contributed by atoms with van der Waals surface area (Å²) in [5.74, 6) is -1.23. The van der Waals surface area contributed by atoms with E-state index in [0.29, 0.717) is 61.9 Å². The molecule has 0 aliphatic carbocycles. The molecule has 0 aliphatic rings. The Hall–Kier alpha value is -5.97. The van der Waals surface area contributed by atoms with Crippen LogP contribution in [0.5, 0.6) is 11.5 Å². The average molecular weight is 746 g/mol. The zero-order valence-electron chi connectivity index (χ0n) is 30.5. The van der Waals surface area contributed by atoms with Gasteiger partial charge in [-0.25, -0.2) is 4.98 Å². The third-order valence-electron chi connectivity index (χ3n) is 7.93. The minimum Gasteiger partial charge on any atom is -0.494 e. The Bertz CT molecular complexity index is 2320. The van der Waals surface area contributed by atoms with Gasteiger partial charge in [-0.3, -0.25) is 23.9 Å². The molecule has 0 saturated carbocycles. The molecule has 0 aliphatic heterocycles. The fourth-order valence-corrected chi connectivity index (χ4v) is 6.76. The Morgan fingerprint density at radius 2 is 1.60 bits per heavy atom. The van der Waals surface area contributed by atoms with Crippen molar-refractivity contribution in [1.29, 1.82) is 0 Å². The van der Waals surface area contributed by atoms with Crippen molar-refractivity contribution >= 4 is 62.2 Å². The van der Waals surface area contributed by atoms with Gasteiger partial charge in [0.1, 0.15) is 33.8 Å². The smallest absolute Gasteiger partial charge is 0.306 e. The number of carbonyl (C=O) groups excluding carboxylic acids is 4. The second-order valence-electron chi connectivity index (χ2n) is 13.1. The van der Waals surface area contributed by atoms with Gasteiger partial charge >= 0.3 is 5.97 Å². The molecule has 0 unspecified atom stereocenters. The Morgan fingerprint density at radius 3 is 2.25 bits per heavy atom. The molecule has 0 bridgehead atoms. The van der Waals surface area contributed by atoms with Gasteiger partial charge in [0.15, 0.2) is 4.80 Å². The normalized spacial score (nSPS) is 12.2. The van der Waals surface area contributed by atoms with Crippen LogP contribution < -0.4 is 31.5 Å². The third kappa shape index (κ3) is 8.74.